The van der Waals surface area contributed by atoms with Crippen LogP contribution in [0.4, 0.5) is 5.00 Å². The second kappa shape index (κ2) is 5.33. The topological polar surface area (TPSA) is 72.2 Å². The summed E-state index contributed by atoms with van der Waals surface area (Å²) in [6.07, 6.45) is 2.98. The van der Waals surface area contributed by atoms with Crippen LogP contribution < -0.4 is 11.1 Å². The fraction of sp³-hybridized carbons (Fsp3) is 0.571. The summed E-state index contributed by atoms with van der Waals surface area (Å²) in [4.78, 5) is 24.7. The summed E-state index contributed by atoms with van der Waals surface area (Å²) < 4.78 is 0. The van der Waals surface area contributed by atoms with Gasteiger partial charge in [-0.25, -0.2) is 0 Å². The van der Waals surface area contributed by atoms with Gasteiger partial charge in [-0.05, 0) is 30.7 Å². The lowest BCUT2D eigenvalue weighted by Gasteiger charge is -2.18. The summed E-state index contributed by atoms with van der Waals surface area (Å²) in [5, 5.41) is 3.47. The molecule has 1 aromatic rings. The molecule has 0 aliphatic heterocycles. The van der Waals surface area contributed by atoms with E-state index in [-0.39, 0.29) is 11.8 Å². The zero-order chi connectivity index (χ0) is 14.2. The second-order valence-corrected chi connectivity index (χ2v) is 6.67. The van der Waals surface area contributed by atoms with Gasteiger partial charge in [0.15, 0.2) is 0 Å². The van der Waals surface area contributed by atoms with Crippen LogP contribution in [0.5, 0.6) is 0 Å². The molecule has 0 radical (unpaired) electrons. The molecule has 1 heterocycles. The highest BCUT2D eigenvalue weighted by Crippen LogP contribution is 2.39. The first-order valence-corrected chi connectivity index (χ1v) is 7.47. The summed E-state index contributed by atoms with van der Waals surface area (Å²) in [6, 6.07) is 0. The quantitative estimate of drug-likeness (QED) is 0.893. The number of anilines is 1. The van der Waals surface area contributed by atoms with Crippen LogP contribution in [0.15, 0.2) is 0 Å². The van der Waals surface area contributed by atoms with Gasteiger partial charge in [0, 0.05) is 10.8 Å². The molecule has 0 fully saturated rings. The van der Waals surface area contributed by atoms with Crippen molar-refractivity contribution in [3.63, 3.8) is 0 Å². The van der Waals surface area contributed by atoms with Crippen LogP contribution in [0, 0.1) is 11.8 Å². The summed E-state index contributed by atoms with van der Waals surface area (Å²) in [6.45, 7) is 5.83. The van der Waals surface area contributed by atoms with Crippen molar-refractivity contribution in [2.45, 2.75) is 40.0 Å². The second-order valence-electron chi connectivity index (χ2n) is 5.56. The van der Waals surface area contributed by atoms with Crippen molar-refractivity contribution in [3.05, 3.63) is 16.0 Å². The molecule has 0 saturated carbocycles. The number of fused-ring (bicyclic) bond motifs is 1. The van der Waals surface area contributed by atoms with Crippen LogP contribution in [-0.2, 0) is 17.6 Å². The largest absolute Gasteiger partial charge is 0.365 e. The molecule has 2 rings (SSSR count). The number of aryl methyl sites for hydroxylation is 1. The average Bonchev–Trinajstić information content (AvgIpc) is 2.65. The van der Waals surface area contributed by atoms with Crippen LogP contribution in [0.25, 0.3) is 0 Å². The van der Waals surface area contributed by atoms with Gasteiger partial charge in [-0.15, -0.1) is 11.3 Å². The van der Waals surface area contributed by atoms with Crippen molar-refractivity contribution in [2.24, 2.45) is 17.6 Å². The minimum atomic E-state index is -0.439. The predicted octanol–water partition coefficient (Wildman–Crippen LogP) is 2.57. The van der Waals surface area contributed by atoms with Crippen molar-refractivity contribution in [1.29, 1.82) is 0 Å². The van der Waals surface area contributed by atoms with Gasteiger partial charge in [-0.3, -0.25) is 9.59 Å². The van der Waals surface area contributed by atoms with Gasteiger partial charge < -0.3 is 11.1 Å². The van der Waals surface area contributed by atoms with Crippen LogP contribution >= 0.6 is 11.3 Å². The molecule has 0 spiro atoms. The number of hydrogen-bond acceptors (Lipinski definition) is 3. The molecule has 3 N–H and O–H groups in total. The Labute approximate surface area is 117 Å². The molecule has 104 valence electrons. The standard InChI is InChI=1S/C14H20N2O2S/c1-7(2)13(18)16-14-11(12(15)17)9-6-8(3)4-5-10(9)19-14/h7-8H,4-6H2,1-3H3,(H2,15,17)(H,16,18). The van der Waals surface area contributed by atoms with Gasteiger partial charge in [0.05, 0.1) is 5.56 Å². The Bertz CT molecular complexity index is 520. The molecule has 4 nitrogen and oxygen atoms in total. The lowest BCUT2D eigenvalue weighted by molar-refractivity contribution is -0.118. The number of nitrogens with two attached hydrogens (primary N) is 1. The van der Waals surface area contributed by atoms with Gasteiger partial charge in [0.25, 0.3) is 5.91 Å². The first-order chi connectivity index (χ1) is 8.90. The Balaban J connectivity index is 2.39. The third-order valence-corrected chi connectivity index (χ3v) is 4.72. The highest BCUT2D eigenvalue weighted by atomic mass is 32.1. The van der Waals surface area contributed by atoms with E-state index in [4.69, 9.17) is 5.73 Å². The molecular formula is C14H20N2O2S. The van der Waals surface area contributed by atoms with E-state index in [2.05, 4.69) is 12.2 Å². The fourth-order valence-corrected chi connectivity index (χ4v) is 3.62. The average molecular weight is 280 g/mol. The maximum atomic E-state index is 11.8. The SMILES string of the molecule is CC1CCc2sc(NC(=O)C(C)C)c(C(N)=O)c2C1. The highest BCUT2D eigenvalue weighted by Gasteiger charge is 2.27. The van der Waals surface area contributed by atoms with E-state index in [1.54, 1.807) is 0 Å². The maximum absolute atomic E-state index is 11.8. The number of amides is 2. The Morgan fingerprint density at radius 3 is 2.68 bits per heavy atom. The van der Waals surface area contributed by atoms with Gasteiger partial charge in [0.2, 0.25) is 5.91 Å². The summed E-state index contributed by atoms with van der Waals surface area (Å²) in [7, 11) is 0. The van der Waals surface area contributed by atoms with E-state index in [0.717, 1.165) is 24.8 Å². The lowest BCUT2D eigenvalue weighted by Crippen LogP contribution is -2.21. The molecule has 1 atom stereocenters. The highest BCUT2D eigenvalue weighted by molar-refractivity contribution is 7.17. The molecule has 19 heavy (non-hydrogen) atoms. The zero-order valence-electron chi connectivity index (χ0n) is 11.6. The fourth-order valence-electron chi connectivity index (χ4n) is 2.36. The predicted molar refractivity (Wildman–Crippen MR) is 77.5 cm³/mol. The van der Waals surface area contributed by atoms with Crippen molar-refractivity contribution in [2.75, 3.05) is 5.32 Å². The third kappa shape index (κ3) is 2.81. The van der Waals surface area contributed by atoms with E-state index < -0.39 is 5.91 Å². The molecule has 1 aliphatic rings. The molecule has 1 aromatic heterocycles. The van der Waals surface area contributed by atoms with Gasteiger partial charge in [-0.1, -0.05) is 20.8 Å². The number of primary amides is 1. The van der Waals surface area contributed by atoms with E-state index in [0.29, 0.717) is 16.5 Å². The number of thiophene rings is 1. The normalized spacial score (nSPS) is 18.2. The maximum Gasteiger partial charge on any atom is 0.251 e. The monoisotopic (exact) mass is 280 g/mol. The first-order valence-electron chi connectivity index (χ1n) is 6.65. The molecular weight excluding hydrogens is 260 g/mol. The minimum absolute atomic E-state index is 0.0749. The number of carbonyl (C=O) groups excluding carboxylic acids is 2. The zero-order valence-corrected chi connectivity index (χ0v) is 12.4. The molecule has 1 unspecified atom stereocenters. The van der Waals surface area contributed by atoms with Crippen LogP contribution in [-0.4, -0.2) is 11.8 Å². The van der Waals surface area contributed by atoms with Crippen molar-refractivity contribution < 1.29 is 9.59 Å². The summed E-state index contributed by atoms with van der Waals surface area (Å²) >= 11 is 1.51. The molecule has 5 heteroatoms. The number of rotatable bonds is 3. The van der Waals surface area contributed by atoms with Crippen molar-refractivity contribution >= 4 is 28.2 Å². The van der Waals surface area contributed by atoms with Gasteiger partial charge in [0.1, 0.15) is 5.00 Å². The number of nitrogens with one attached hydrogen (secondary N) is 1. The summed E-state index contributed by atoms with van der Waals surface area (Å²) in [5.74, 6) is -0.0626. The lowest BCUT2D eigenvalue weighted by atomic mass is 9.87. The Morgan fingerprint density at radius 1 is 1.42 bits per heavy atom. The minimum Gasteiger partial charge on any atom is -0.365 e. The Hall–Kier alpha value is -1.36. The van der Waals surface area contributed by atoms with Crippen LogP contribution in [0.1, 0.15) is 48.0 Å². The molecule has 0 saturated heterocycles. The van der Waals surface area contributed by atoms with Gasteiger partial charge in [-0.2, -0.15) is 0 Å². The smallest absolute Gasteiger partial charge is 0.251 e. The van der Waals surface area contributed by atoms with Crippen LogP contribution in [0.3, 0.4) is 0 Å². The van der Waals surface area contributed by atoms with E-state index >= 15 is 0 Å². The Morgan fingerprint density at radius 2 is 2.11 bits per heavy atom. The molecule has 1 aliphatic carbocycles. The van der Waals surface area contributed by atoms with Crippen molar-refractivity contribution in [3.8, 4) is 0 Å². The summed E-state index contributed by atoms with van der Waals surface area (Å²) in [5.41, 5.74) is 7.08. The van der Waals surface area contributed by atoms with E-state index in [9.17, 15) is 9.59 Å². The van der Waals surface area contributed by atoms with E-state index in [1.807, 2.05) is 13.8 Å². The van der Waals surface area contributed by atoms with E-state index in [1.165, 1.54) is 16.2 Å². The first kappa shape index (κ1) is 14.1. The van der Waals surface area contributed by atoms with Crippen LogP contribution in [0.2, 0.25) is 0 Å². The number of carbonyl (C=O) groups is 2. The molecule has 2 amide bonds. The number of hydrogen-bond donors (Lipinski definition) is 2. The molecule has 0 aromatic carbocycles. The van der Waals surface area contributed by atoms with Crippen molar-refractivity contribution in [1.82, 2.24) is 0 Å². The molecule has 0 bridgehead atoms. The third-order valence-electron chi connectivity index (χ3n) is 3.51. The van der Waals surface area contributed by atoms with Gasteiger partial charge >= 0.3 is 0 Å². The Kier molecular flexibility index (Phi) is 3.94.